The van der Waals surface area contributed by atoms with Crippen LogP contribution in [0.25, 0.3) is 0 Å². The molecule has 1 aromatic heterocycles. The molecule has 242 valence electrons. The largest absolute Gasteiger partial charge is 0.478 e. The van der Waals surface area contributed by atoms with E-state index >= 15 is 0 Å². The van der Waals surface area contributed by atoms with Crippen LogP contribution < -0.4 is 10.0 Å². The smallest absolute Gasteiger partial charge is 0.335 e. The Kier molecular flexibility index (Phi) is 10.7. The summed E-state index contributed by atoms with van der Waals surface area (Å²) in [5.74, 6) is -3.73. The van der Waals surface area contributed by atoms with E-state index in [4.69, 9.17) is 16.0 Å². The molecule has 2 heterocycles. The summed E-state index contributed by atoms with van der Waals surface area (Å²) in [7, 11) is -5.50. The van der Waals surface area contributed by atoms with Crippen LogP contribution in [0.5, 0.6) is 0 Å². The standard InChI is InChI=1S/C29H39ClF2N4O5S2Si/c1-29(2,3)44(4,5)41-14-6-16-43(39,40)36-18-9-7-17(8-10-18)24-21(28(37)38)25(19-11-12-20(31)23(32)22(19)30)35-26(34-24)27-33-13-15-42-27/h11-13,15,17-18,25,36H,6-10,14,16H2,1-5H3,(H,34,35)(H,37,38). The van der Waals surface area contributed by atoms with Crippen LogP contribution in [0, 0.1) is 17.6 Å². The number of benzene rings is 1. The Labute approximate surface area is 267 Å². The maximum absolute atomic E-state index is 14.5. The molecular formula is C29H39ClF2N4O5S2Si. The van der Waals surface area contributed by atoms with E-state index in [1.807, 2.05) is 0 Å². The number of carboxylic acids is 1. The van der Waals surface area contributed by atoms with Crippen molar-refractivity contribution in [3.8, 4) is 0 Å². The number of allylic oxidation sites excluding steroid dienone is 1. The normalized spacial score (nSPS) is 21.6. The van der Waals surface area contributed by atoms with E-state index in [-0.39, 0.29) is 33.9 Å². The number of carbonyl (C=O) groups is 1. The summed E-state index contributed by atoms with van der Waals surface area (Å²) in [5.41, 5.74) is 0.284. The lowest BCUT2D eigenvalue weighted by Crippen LogP contribution is -2.42. The van der Waals surface area contributed by atoms with Crippen LogP contribution in [0.4, 0.5) is 8.78 Å². The first-order chi connectivity index (χ1) is 20.5. The molecule has 15 heteroatoms. The zero-order valence-corrected chi connectivity index (χ0v) is 28.8. The SMILES string of the molecule is CC(C)(C)[Si](C)(C)OCCCS(=O)(=O)NC1CCC(C2=C(C(=O)O)C(c3ccc(F)c(F)c3Cl)N=C(c3nccs3)N2)CC1. The van der Waals surface area contributed by atoms with E-state index in [0.717, 1.165) is 6.07 Å². The minimum Gasteiger partial charge on any atom is -0.478 e. The summed E-state index contributed by atoms with van der Waals surface area (Å²) in [6, 6.07) is 0.629. The van der Waals surface area contributed by atoms with Crippen LogP contribution in [-0.4, -0.2) is 57.0 Å². The molecule has 44 heavy (non-hydrogen) atoms. The molecule has 1 unspecified atom stereocenters. The van der Waals surface area contributed by atoms with Gasteiger partial charge in [0.15, 0.2) is 30.8 Å². The minimum absolute atomic E-state index is 0.0232. The number of amidine groups is 1. The molecule has 1 fully saturated rings. The first-order valence-electron chi connectivity index (χ1n) is 14.5. The second kappa shape index (κ2) is 13.6. The van der Waals surface area contributed by atoms with Gasteiger partial charge in [-0.05, 0) is 62.2 Å². The fraction of sp³-hybridized carbons (Fsp3) is 0.552. The lowest BCUT2D eigenvalue weighted by molar-refractivity contribution is -0.133. The Morgan fingerprint density at radius 1 is 1.23 bits per heavy atom. The third-order valence-electron chi connectivity index (χ3n) is 8.61. The van der Waals surface area contributed by atoms with Gasteiger partial charge in [0.05, 0.1) is 16.3 Å². The number of hydrogen-bond acceptors (Lipinski definition) is 8. The topological polar surface area (TPSA) is 130 Å². The van der Waals surface area contributed by atoms with Crippen molar-refractivity contribution < 1.29 is 31.5 Å². The van der Waals surface area contributed by atoms with Crippen molar-refractivity contribution in [1.82, 2.24) is 15.0 Å². The highest BCUT2D eigenvalue weighted by atomic mass is 35.5. The molecule has 0 amide bonds. The third kappa shape index (κ3) is 7.94. The molecule has 0 radical (unpaired) electrons. The molecule has 2 aromatic rings. The monoisotopic (exact) mass is 688 g/mol. The van der Waals surface area contributed by atoms with Crippen LogP contribution in [0.2, 0.25) is 23.2 Å². The van der Waals surface area contributed by atoms with Gasteiger partial charge >= 0.3 is 5.97 Å². The summed E-state index contributed by atoms with van der Waals surface area (Å²) in [6.07, 6.45) is 3.93. The number of nitrogens with one attached hydrogen (secondary N) is 2. The van der Waals surface area contributed by atoms with E-state index in [2.05, 4.69) is 53.9 Å². The molecule has 0 bridgehead atoms. The fourth-order valence-corrected chi connectivity index (χ4v) is 8.45. The molecule has 4 rings (SSSR count). The van der Waals surface area contributed by atoms with E-state index < -0.39 is 47.0 Å². The molecule has 1 aromatic carbocycles. The highest BCUT2D eigenvalue weighted by molar-refractivity contribution is 7.89. The molecular weight excluding hydrogens is 650 g/mol. The van der Waals surface area contributed by atoms with Gasteiger partial charge in [0.25, 0.3) is 0 Å². The highest BCUT2D eigenvalue weighted by Crippen LogP contribution is 2.41. The maximum Gasteiger partial charge on any atom is 0.335 e. The second-order valence-electron chi connectivity index (χ2n) is 12.7. The number of rotatable bonds is 11. The molecule has 0 saturated heterocycles. The number of hydrogen-bond donors (Lipinski definition) is 3. The van der Waals surface area contributed by atoms with Crippen LogP contribution in [0.15, 0.2) is 40.0 Å². The molecule has 1 atom stereocenters. The Morgan fingerprint density at radius 2 is 1.91 bits per heavy atom. The number of aromatic nitrogens is 1. The van der Waals surface area contributed by atoms with Crippen molar-refractivity contribution in [2.45, 2.75) is 83.1 Å². The lowest BCUT2D eigenvalue weighted by Gasteiger charge is -2.36. The van der Waals surface area contributed by atoms with Crippen molar-refractivity contribution >= 4 is 53.1 Å². The average molecular weight is 689 g/mol. The van der Waals surface area contributed by atoms with Crippen LogP contribution in [0.3, 0.4) is 0 Å². The van der Waals surface area contributed by atoms with E-state index in [9.17, 15) is 27.1 Å². The van der Waals surface area contributed by atoms with Gasteiger partial charge in [-0.25, -0.2) is 31.7 Å². The van der Waals surface area contributed by atoms with E-state index in [0.29, 0.717) is 55.3 Å². The number of nitrogens with zero attached hydrogens (tertiary/aromatic N) is 2. The highest BCUT2D eigenvalue weighted by Gasteiger charge is 2.39. The van der Waals surface area contributed by atoms with Crippen molar-refractivity contribution in [3.05, 3.63) is 62.2 Å². The van der Waals surface area contributed by atoms with Gasteiger partial charge in [0.1, 0.15) is 6.04 Å². The first-order valence-corrected chi connectivity index (χ1v) is 20.3. The Balaban J connectivity index is 1.49. The minimum atomic E-state index is -3.54. The van der Waals surface area contributed by atoms with Gasteiger partial charge in [-0.15, -0.1) is 11.3 Å². The quantitative estimate of drug-likeness (QED) is 0.142. The molecule has 1 saturated carbocycles. The number of thiazole rings is 1. The molecule has 1 aliphatic heterocycles. The fourth-order valence-electron chi connectivity index (χ4n) is 5.15. The molecule has 1 aliphatic carbocycles. The van der Waals surface area contributed by atoms with Gasteiger partial charge in [-0.1, -0.05) is 38.4 Å². The number of aliphatic imine (C=N–C) groups is 1. The summed E-state index contributed by atoms with van der Waals surface area (Å²) in [4.78, 5) is 21.5. The maximum atomic E-state index is 14.5. The van der Waals surface area contributed by atoms with Gasteiger partial charge in [0.2, 0.25) is 10.0 Å². The number of carboxylic acid groups (broad SMARTS) is 1. The molecule has 0 spiro atoms. The van der Waals surface area contributed by atoms with Crippen molar-refractivity contribution in [2.24, 2.45) is 10.9 Å². The van der Waals surface area contributed by atoms with Crippen molar-refractivity contribution in [2.75, 3.05) is 12.4 Å². The van der Waals surface area contributed by atoms with Gasteiger partial charge < -0.3 is 14.8 Å². The Morgan fingerprint density at radius 3 is 2.50 bits per heavy atom. The predicted octanol–water partition coefficient (Wildman–Crippen LogP) is 6.39. The summed E-state index contributed by atoms with van der Waals surface area (Å²) < 4.78 is 63.0. The van der Waals surface area contributed by atoms with Gasteiger partial charge in [-0.3, -0.25) is 4.99 Å². The van der Waals surface area contributed by atoms with E-state index in [1.54, 1.807) is 11.6 Å². The average Bonchev–Trinajstić information content (AvgIpc) is 3.48. The predicted molar refractivity (Wildman–Crippen MR) is 171 cm³/mol. The van der Waals surface area contributed by atoms with Crippen molar-refractivity contribution in [1.29, 1.82) is 0 Å². The number of halogens is 3. The molecule has 3 N–H and O–H groups in total. The summed E-state index contributed by atoms with van der Waals surface area (Å²) in [6.45, 7) is 11.1. The summed E-state index contributed by atoms with van der Waals surface area (Å²) in [5, 5.41) is 15.2. The molecule has 2 aliphatic rings. The molecule has 9 nitrogen and oxygen atoms in total. The lowest BCUT2D eigenvalue weighted by atomic mass is 9.80. The first kappa shape index (κ1) is 34.6. The number of aliphatic carboxylic acids is 1. The zero-order chi connectivity index (χ0) is 32.4. The number of sulfonamides is 1. The third-order valence-corrected chi connectivity index (χ3v) is 15.8. The van der Waals surface area contributed by atoms with Gasteiger partial charge in [0, 0.05) is 35.5 Å². The van der Waals surface area contributed by atoms with Gasteiger partial charge in [-0.2, -0.15) is 0 Å². The van der Waals surface area contributed by atoms with Crippen LogP contribution >= 0.6 is 22.9 Å². The van der Waals surface area contributed by atoms with Crippen LogP contribution in [0.1, 0.15) is 69.5 Å². The van der Waals surface area contributed by atoms with Crippen LogP contribution in [-0.2, 0) is 19.2 Å². The Hall–Kier alpha value is -2.23. The summed E-state index contributed by atoms with van der Waals surface area (Å²) >= 11 is 7.46. The van der Waals surface area contributed by atoms with E-state index in [1.165, 1.54) is 17.4 Å². The van der Waals surface area contributed by atoms with Crippen molar-refractivity contribution in [3.63, 3.8) is 0 Å². The Bertz CT molecular complexity index is 1540. The second-order valence-corrected chi connectivity index (χ2v) is 20.6. The zero-order valence-electron chi connectivity index (χ0n) is 25.4.